The van der Waals surface area contributed by atoms with Crippen LogP contribution in [0.15, 0.2) is 64.2 Å². The number of amidine groups is 2. The van der Waals surface area contributed by atoms with Gasteiger partial charge in [-0.2, -0.15) is 28.3 Å². The number of carbonyl (C=O) groups excluding carboxylic acids is 1. The maximum absolute atomic E-state index is 12.9. The normalized spacial score (nSPS) is 17.4. The lowest BCUT2D eigenvalue weighted by atomic mass is 9.99. The van der Waals surface area contributed by atoms with Crippen LogP contribution in [0.5, 0.6) is 11.5 Å². The van der Waals surface area contributed by atoms with Gasteiger partial charge >= 0.3 is 6.18 Å². The third-order valence-electron chi connectivity index (χ3n) is 5.78. The van der Waals surface area contributed by atoms with E-state index in [0.29, 0.717) is 36.9 Å². The van der Waals surface area contributed by atoms with Crippen molar-refractivity contribution in [2.45, 2.75) is 38.8 Å². The SMILES string of the molecule is CCC(C)c1ccc(OCCCOc2ccc(C=C3C(=N)N4N=C(C(F)(F)F)SC4=NC3=O)cc2)cc1. The number of aliphatic imine (C=N–C) groups is 1. The molecule has 0 aliphatic carbocycles. The predicted octanol–water partition coefficient (Wildman–Crippen LogP) is 6.23. The number of halogens is 3. The molecule has 2 aromatic carbocycles. The fourth-order valence-electron chi connectivity index (χ4n) is 3.50. The number of benzene rings is 2. The van der Waals surface area contributed by atoms with Crippen molar-refractivity contribution in [2.24, 2.45) is 10.1 Å². The number of ether oxygens (including phenoxy) is 2. The number of hydrogen-bond acceptors (Lipinski definition) is 6. The van der Waals surface area contributed by atoms with Gasteiger partial charge in [0.15, 0.2) is 5.84 Å². The van der Waals surface area contributed by atoms with Gasteiger partial charge in [0.05, 0.1) is 18.8 Å². The number of nitrogens with zero attached hydrogens (tertiary/aromatic N) is 3. The summed E-state index contributed by atoms with van der Waals surface area (Å²) in [7, 11) is 0. The highest BCUT2D eigenvalue weighted by atomic mass is 32.2. The van der Waals surface area contributed by atoms with Crippen molar-refractivity contribution in [3.8, 4) is 11.5 Å². The van der Waals surface area contributed by atoms with E-state index in [1.807, 2.05) is 12.1 Å². The second-order valence-electron chi connectivity index (χ2n) is 8.42. The van der Waals surface area contributed by atoms with E-state index in [-0.39, 0.29) is 22.5 Å². The van der Waals surface area contributed by atoms with Gasteiger partial charge in [0.1, 0.15) is 11.5 Å². The molecule has 1 N–H and O–H groups in total. The highest BCUT2D eigenvalue weighted by Gasteiger charge is 2.46. The molecular weight excluding hydrogens is 505 g/mol. The second kappa shape index (κ2) is 11.2. The molecule has 7 nitrogen and oxygen atoms in total. The Morgan fingerprint density at radius 1 is 1.05 bits per heavy atom. The zero-order valence-corrected chi connectivity index (χ0v) is 21.0. The van der Waals surface area contributed by atoms with Gasteiger partial charge in [0.2, 0.25) is 10.2 Å². The van der Waals surface area contributed by atoms with Crippen LogP contribution in [0.4, 0.5) is 13.2 Å². The smallest absolute Gasteiger partial charge is 0.441 e. The van der Waals surface area contributed by atoms with Crippen LogP contribution in [0.3, 0.4) is 0 Å². The molecule has 4 rings (SSSR count). The Hall–Kier alpha value is -3.60. The number of fused-ring (bicyclic) bond motifs is 1. The first-order chi connectivity index (χ1) is 17.7. The van der Waals surface area contributed by atoms with Crippen molar-refractivity contribution in [1.82, 2.24) is 5.01 Å². The number of nitrogens with one attached hydrogen (secondary N) is 1. The van der Waals surface area contributed by atoms with E-state index < -0.39 is 23.0 Å². The average Bonchev–Trinajstić information content (AvgIpc) is 3.32. The molecule has 0 bridgehead atoms. The van der Waals surface area contributed by atoms with E-state index >= 15 is 0 Å². The lowest BCUT2D eigenvalue weighted by Gasteiger charge is -2.20. The van der Waals surface area contributed by atoms with E-state index in [4.69, 9.17) is 14.9 Å². The van der Waals surface area contributed by atoms with E-state index in [1.54, 1.807) is 24.3 Å². The van der Waals surface area contributed by atoms with E-state index in [9.17, 15) is 18.0 Å². The zero-order chi connectivity index (χ0) is 26.6. The minimum Gasteiger partial charge on any atom is -0.493 e. The van der Waals surface area contributed by atoms with Gasteiger partial charge in [0, 0.05) is 6.42 Å². The predicted molar refractivity (Wildman–Crippen MR) is 138 cm³/mol. The molecule has 2 heterocycles. The highest BCUT2D eigenvalue weighted by molar-refractivity contribution is 8.27. The number of thioether (sulfide) groups is 1. The van der Waals surface area contributed by atoms with Crippen molar-refractivity contribution < 1.29 is 27.4 Å². The summed E-state index contributed by atoms with van der Waals surface area (Å²) >= 11 is 0.218. The van der Waals surface area contributed by atoms with Gasteiger partial charge < -0.3 is 9.47 Å². The number of hydrogen-bond donors (Lipinski definition) is 1. The monoisotopic (exact) mass is 530 g/mol. The van der Waals surface area contributed by atoms with Crippen LogP contribution in [-0.2, 0) is 4.79 Å². The third kappa shape index (κ3) is 6.40. The van der Waals surface area contributed by atoms with Crippen LogP contribution in [0.1, 0.15) is 43.7 Å². The number of alkyl halides is 3. The number of hydrazone groups is 1. The maximum atomic E-state index is 12.9. The summed E-state index contributed by atoms with van der Waals surface area (Å²) in [5, 5.41) is 10.8. The first-order valence-corrected chi connectivity index (χ1v) is 12.5. The van der Waals surface area contributed by atoms with Crippen molar-refractivity contribution in [2.75, 3.05) is 13.2 Å². The van der Waals surface area contributed by atoms with Gasteiger partial charge in [0.25, 0.3) is 5.91 Å². The molecule has 0 spiro atoms. The quantitative estimate of drug-likeness (QED) is 0.307. The first-order valence-electron chi connectivity index (χ1n) is 11.7. The second-order valence-corrected chi connectivity index (χ2v) is 9.38. The lowest BCUT2D eigenvalue weighted by Crippen LogP contribution is -2.35. The van der Waals surface area contributed by atoms with Crippen LogP contribution in [0.2, 0.25) is 0 Å². The van der Waals surface area contributed by atoms with E-state index in [0.717, 1.165) is 17.2 Å². The summed E-state index contributed by atoms with van der Waals surface area (Å²) in [6.07, 6.45) is -1.52. The zero-order valence-electron chi connectivity index (χ0n) is 20.2. The molecule has 194 valence electrons. The van der Waals surface area contributed by atoms with E-state index in [1.165, 1.54) is 11.6 Å². The average molecular weight is 531 g/mol. The highest BCUT2D eigenvalue weighted by Crippen LogP contribution is 2.35. The van der Waals surface area contributed by atoms with Crippen molar-refractivity contribution >= 4 is 39.8 Å². The van der Waals surface area contributed by atoms with Gasteiger partial charge in [-0.05, 0) is 65.6 Å². The number of amides is 1. The van der Waals surface area contributed by atoms with Crippen molar-refractivity contribution in [3.05, 3.63) is 65.2 Å². The molecule has 37 heavy (non-hydrogen) atoms. The Morgan fingerprint density at radius 2 is 1.65 bits per heavy atom. The van der Waals surface area contributed by atoms with E-state index in [2.05, 4.69) is 36.1 Å². The Bertz CT molecular complexity index is 1260. The summed E-state index contributed by atoms with van der Waals surface area (Å²) in [5.41, 5.74) is 1.70. The molecule has 2 aliphatic rings. The topological polar surface area (TPSA) is 87.3 Å². The minimum atomic E-state index is -4.68. The molecule has 0 aromatic heterocycles. The molecule has 2 aromatic rings. The first kappa shape index (κ1) is 26.5. The van der Waals surface area contributed by atoms with Crippen LogP contribution in [-0.4, -0.2) is 46.4 Å². The number of carbonyl (C=O) groups is 1. The molecule has 1 amide bonds. The summed E-state index contributed by atoms with van der Waals surface area (Å²) in [6.45, 7) is 5.30. The summed E-state index contributed by atoms with van der Waals surface area (Å²) < 4.78 is 50.3. The molecule has 0 saturated carbocycles. The van der Waals surface area contributed by atoms with Crippen LogP contribution in [0, 0.1) is 5.41 Å². The maximum Gasteiger partial charge on any atom is 0.441 e. The molecule has 0 radical (unpaired) electrons. The Labute approximate surface area is 216 Å². The fraction of sp³-hybridized carbons (Fsp3) is 0.308. The van der Waals surface area contributed by atoms with Gasteiger partial charge in [-0.15, -0.1) is 0 Å². The third-order valence-corrected chi connectivity index (χ3v) is 6.73. The minimum absolute atomic E-state index is 0.153. The Morgan fingerprint density at radius 3 is 2.22 bits per heavy atom. The molecule has 1 unspecified atom stereocenters. The van der Waals surface area contributed by atoms with Gasteiger partial charge in [-0.1, -0.05) is 38.1 Å². The van der Waals surface area contributed by atoms with Crippen LogP contribution >= 0.6 is 11.8 Å². The molecule has 0 fully saturated rings. The van der Waals surface area contributed by atoms with Crippen LogP contribution in [0.25, 0.3) is 6.08 Å². The standard InChI is InChI=1S/C26H25F3N4O3S/c1-3-16(2)18-7-11-20(12-8-18)36-14-4-13-35-19-9-5-17(6-10-19)15-21-22(30)33-25(31-23(21)34)37-24(32-33)26(27,28)29/h5-12,15-16,30H,3-4,13-14H2,1-2H3. The van der Waals surface area contributed by atoms with Crippen molar-refractivity contribution in [3.63, 3.8) is 0 Å². The van der Waals surface area contributed by atoms with Gasteiger partial charge in [-0.3, -0.25) is 10.2 Å². The lowest BCUT2D eigenvalue weighted by molar-refractivity contribution is -0.114. The summed E-state index contributed by atoms with van der Waals surface area (Å²) in [4.78, 5) is 16.0. The number of rotatable bonds is 9. The molecule has 2 aliphatic heterocycles. The molecule has 1 atom stereocenters. The van der Waals surface area contributed by atoms with Gasteiger partial charge in [-0.25, -0.2) is 0 Å². The molecule has 11 heteroatoms. The largest absolute Gasteiger partial charge is 0.493 e. The Kier molecular flexibility index (Phi) is 8.01. The fourth-order valence-corrected chi connectivity index (χ4v) is 4.26. The van der Waals surface area contributed by atoms with Crippen LogP contribution < -0.4 is 9.47 Å². The molecular formula is C26H25F3N4O3S. The Balaban J connectivity index is 1.28. The summed E-state index contributed by atoms with van der Waals surface area (Å²) in [6, 6.07) is 14.9. The molecule has 0 saturated heterocycles. The summed E-state index contributed by atoms with van der Waals surface area (Å²) in [5.74, 6) is 0.692. The van der Waals surface area contributed by atoms with Crippen molar-refractivity contribution in [1.29, 1.82) is 5.41 Å².